The largest absolute Gasteiger partial charge is 0.350 e. The van der Waals surface area contributed by atoms with E-state index in [1.54, 1.807) is 11.3 Å². The van der Waals surface area contributed by atoms with E-state index in [4.69, 9.17) is 0 Å². The van der Waals surface area contributed by atoms with Gasteiger partial charge in [-0.15, -0.1) is 11.3 Å². The molecule has 0 radical (unpaired) electrons. The summed E-state index contributed by atoms with van der Waals surface area (Å²) in [6, 6.07) is 5.78. The van der Waals surface area contributed by atoms with Crippen LogP contribution in [-0.4, -0.2) is 15.9 Å². The highest BCUT2D eigenvalue weighted by atomic mass is 32.1. The van der Waals surface area contributed by atoms with Crippen molar-refractivity contribution in [3.63, 3.8) is 0 Å². The molecule has 0 fully saturated rings. The highest BCUT2D eigenvalue weighted by Crippen LogP contribution is 2.08. The number of nitrogens with zero attached hydrogens (tertiary/aromatic N) is 2. The third-order valence-corrected chi connectivity index (χ3v) is 3.24. The first-order chi connectivity index (χ1) is 8.63. The summed E-state index contributed by atoms with van der Waals surface area (Å²) in [6.07, 6.45) is 0.330. The third kappa shape index (κ3) is 3.63. The van der Waals surface area contributed by atoms with Crippen LogP contribution in [0.2, 0.25) is 0 Å². The first-order valence-corrected chi connectivity index (χ1v) is 6.61. The smallest absolute Gasteiger partial charge is 0.226 e. The van der Waals surface area contributed by atoms with Crippen molar-refractivity contribution in [2.75, 3.05) is 0 Å². The summed E-state index contributed by atoms with van der Waals surface area (Å²) in [5.41, 5.74) is 2.65. The molecule has 0 aliphatic carbocycles. The first-order valence-electron chi connectivity index (χ1n) is 5.74. The molecule has 1 amide bonds. The third-order valence-electron chi connectivity index (χ3n) is 2.42. The zero-order valence-corrected chi connectivity index (χ0v) is 11.3. The second-order valence-electron chi connectivity index (χ2n) is 4.08. The molecule has 1 N–H and O–H groups in total. The van der Waals surface area contributed by atoms with Gasteiger partial charge in [0.05, 0.1) is 29.4 Å². The van der Waals surface area contributed by atoms with E-state index in [0.717, 1.165) is 22.1 Å². The van der Waals surface area contributed by atoms with Crippen molar-refractivity contribution in [1.29, 1.82) is 0 Å². The Bertz CT molecular complexity index is 551. The average Bonchev–Trinajstić information content (AvgIpc) is 2.72. The van der Waals surface area contributed by atoms with Gasteiger partial charge < -0.3 is 5.32 Å². The number of nitrogens with one attached hydrogen (secondary N) is 1. The van der Waals surface area contributed by atoms with Crippen molar-refractivity contribution < 1.29 is 4.79 Å². The Balaban J connectivity index is 1.85. The molecule has 2 heterocycles. The Morgan fingerprint density at radius 3 is 2.78 bits per heavy atom. The lowest BCUT2D eigenvalue weighted by Crippen LogP contribution is -2.25. The van der Waals surface area contributed by atoms with Crippen molar-refractivity contribution in [1.82, 2.24) is 15.3 Å². The van der Waals surface area contributed by atoms with Gasteiger partial charge in [0.15, 0.2) is 0 Å². The first kappa shape index (κ1) is 12.7. The zero-order valence-electron chi connectivity index (χ0n) is 10.4. The number of hydrogen-bond donors (Lipinski definition) is 1. The van der Waals surface area contributed by atoms with Gasteiger partial charge in [-0.1, -0.05) is 6.07 Å². The molecule has 94 valence electrons. The summed E-state index contributed by atoms with van der Waals surface area (Å²) in [7, 11) is 0. The molecule has 2 aromatic heterocycles. The molecule has 2 aromatic rings. The molecule has 0 aliphatic heterocycles. The van der Waals surface area contributed by atoms with Gasteiger partial charge in [-0.2, -0.15) is 0 Å². The van der Waals surface area contributed by atoms with E-state index >= 15 is 0 Å². The highest BCUT2D eigenvalue weighted by Gasteiger charge is 2.06. The zero-order chi connectivity index (χ0) is 13.0. The van der Waals surface area contributed by atoms with Gasteiger partial charge in [0.25, 0.3) is 0 Å². The molecule has 2 rings (SSSR count). The minimum Gasteiger partial charge on any atom is -0.350 e. The SMILES string of the molecule is Cc1cccc(CNC(=O)Cc2csc(C)n2)n1. The summed E-state index contributed by atoms with van der Waals surface area (Å²) in [6.45, 7) is 4.33. The van der Waals surface area contributed by atoms with Crippen molar-refractivity contribution >= 4 is 17.2 Å². The number of hydrogen-bond acceptors (Lipinski definition) is 4. The molecule has 0 aromatic carbocycles. The number of carbonyl (C=O) groups excluding carboxylic acids is 1. The van der Waals surface area contributed by atoms with Gasteiger partial charge in [0, 0.05) is 11.1 Å². The van der Waals surface area contributed by atoms with Gasteiger partial charge in [-0.25, -0.2) is 4.98 Å². The van der Waals surface area contributed by atoms with E-state index in [1.165, 1.54) is 0 Å². The molecule has 0 atom stereocenters. The van der Waals surface area contributed by atoms with Gasteiger partial charge in [0.1, 0.15) is 0 Å². The summed E-state index contributed by atoms with van der Waals surface area (Å²) in [5, 5.41) is 5.75. The van der Waals surface area contributed by atoms with E-state index in [0.29, 0.717) is 13.0 Å². The lowest BCUT2D eigenvalue weighted by Gasteiger charge is -2.04. The highest BCUT2D eigenvalue weighted by molar-refractivity contribution is 7.09. The average molecular weight is 261 g/mol. The maximum atomic E-state index is 11.7. The number of rotatable bonds is 4. The number of aryl methyl sites for hydroxylation is 2. The number of aromatic nitrogens is 2. The monoisotopic (exact) mass is 261 g/mol. The Hall–Kier alpha value is -1.75. The van der Waals surface area contributed by atoms with Gasteiger partial charge in [-0.05, 0) is 26.0 Å². The van der Waals surface area contributed by atoms with E-state index in [-0.39, 0.29) is 5.91 Å². The van der Waals surface area contributed by atoms with E-state index in [2.05, 4.69) is 15.3 Å². The minimum absolute atomic E-state index is 0.0244. The number of amides is 1. The van der Waals surface area contributed by atoms with Crippen LogP contribution in [0.15, 0.2) is 23.6 Å². The van der Waals surface area contributed by atoms with Gasteiger partial charge in [0.2, 0.25) is 5.91 Å². The maximum Gasteiger partial charge on any atom is 0.226 e. The standard InChI is InChI=1S/C13H15N3OS/c1-9-4-3-5-11(15-9)7-14-13(17)6-12-8-18-10(2)16-12/h3-5,8H,6-7H2,1-2H3,(H,14,17). The molecule has 0 unspecified atom stereocenters. The summed E-state index contributed by atoms with van der Waals surface area (Å²) >= 11 is 1.56. The van der Waals surface area contributed by atoms with Crippen LogP contribution in [0, 0.1) is 13.8 Å². The molecule has 0 saturated carbocycles. The summed E-state index contributed by atoms with van der Waals surface area (Å²) in [4.78, 5) is 20.3. The molecule has 5 heteroatoms. The predicted molar refractivity (Wildman–Crippen MR) is 71.4 cm³/mol. The lowest BCUT2D eigenvalue weighted by atomic mass is 10.3. The molecule has 18 heavy (non-hydrogen) atoms. The molecular formula is C13H15N3OS. The molecule has 0 aliphatic rings. The number of carbonyl (C=O) groups is 1. The van der Waals surface area contributed by atoms with Crippen LogP contribution in [0.3, 0.4) is 0 Å². The molecule has 4 nitrogen and oxygen atoms in total. The molecule has 0 saturated heterocycles. The second kappa shape index (κ2) is 5.73. The fourth-order valence-corrected chi connectivity index (χ4v) is 2.22. The van der Waals surface area contributed by atoms with Crippen LogP contribution in [0.25, 0.3) is 0 Å². The maximum absolute atomic E-state index is 11.7. The van der Waals surface area contributed by atoms with Gasteiger partial charge >= 0.3 is 0 Å². The Kier molecular flexibility index (Phi) is 4.04. The van der Waals surface area contributed by atoms with E-state index in [9.17, 15) is 4.79 Å². The number of pyridine rings is 1. The van der Waals surface area contributed by atoms with Crippen molar-refractivity contribution in [3.05, 3.63) is 45.7 Å². The minimum atomic E-state index is -0.0244. The van der Waals surface area contributed by atoms with E-state index < -0.39 is 0 Å². The molecular weight excluding hydrogens is 246 g/mol. The Labute approximate surface area is 110 Å². The molecule has 0 spiro atoms. The summed E-state index contributed by atoms with van der Waals surface area (Å²) < 4.78 is 0. The quantitative estimate of drug-likeness (QED) is 0.916. The van der Waals surface area contributed by atoms with Crippen LogP contribution < -0.4 is 5.32 Å². The predicted octanol–water partition coefficient (Wildman–Crippen LogP) is 2.01. The van der Waals surface area contributed by atoms with Gasteiger partial charge in [-0.3, -0.25) is 9.78 Å². The Morgan fingerprint density at radius 1 is 1.28 bits per heavy atom. The fourth-order valence-electron chi connectivity index (χ4n) is 1.60. The van der Waals surface area contributed by atoms with Crippen molar-refractivity contribution in [2.24, 2.45) is 0 Å². The number of thiazole rings is 1. The van der Waals surface area contributed by atoms with Crippen molar-refractivity contribution in [3.8, 4) is 0 Å². The Morgan fingerprint density at radius 2 is 2.11 bits per heavy atom. The summed E-state index contributed by atoms with van der Waals surface area (Å²) in [5.74, 6) is -0.0244. The fraction of sp³-hybridized carbons (Fsp3) is 0.308. The normalized spacial score (nSPS) is 10.3. The van der Waals surface area contributed by atoms with Crippen LogP contribution in [0.4, 0.5) is 0 Å². The van der Waals surface area contributed by atoms with E-state index in [1.807, 2.05) is 37.4 Å². The van der Waals surface area contributed by atoms with Crippen LogP contribution in [0.5, 0.6) is 0 Å². The van der Waals surface area contributed by atoms with Crippen LogP contribution in [0.1, 0.15) is 22.1 Å². The topological polar surface area (TPSA) is 54.9 Å². The van der Waals surface area contributed by atoms with Crippen molar-refractivity contribution in [2.45, 2.75) is 26.8 Å². The van der Waals surface area contributed by atoms with Crippen LogP contribution in [-0.2, 0) is 17.8 Å². The lowest BCUT2D eigenvalue weighted by molar-refractivity contribution is -0.120. The molecule has 0 bridgehead atoms. The second-order valence-corrected chi connectivity index (χ2v) is 5.14. The van der Waals surface area contributed by atoms with Crippen LogP contribution >= 0.6 is 11.3 Å².